The second-order valence-corrected chi connectivity index (χ2v) is 4.28. The Morgan fingerprint density at radius 1 is 1.53 bits per heavy atom. The van der Waals surface area contributed by atoms with E-state index in [0.29, 0.717) is 0 Å². The number of aromatic nitrogens is 1. The van der Waals surface area contributed by atoms with Gasteiger partial charge in [-0.25, -0.2) is 9.78 Å². The number of hydrogen-bond donors (Lipinski definition) is 1. The summed E-state index contributed by atoms with van der Waals surface area (Å²) in [5, 5.41) is 0. The SMILES string of the molecule is CCOC(=O)c1cc(CN)c(OC(F)(F)F)c(I)n1. The lowest BCUT2D eigenvalue weighted by molar-refractivity contribution is -0.275. The van der Waals surface area contributed by atoms with E-state index in [9.17, 15) is 18.0 Å². The van der Waals surface area contributed by atoms with Crippen LogP contribution < -0.4 is 10.5 Å². The summed E-state index contributed by atoms with van der Waals surface area (Å²) >= 11 is 1.54. The fourth-order valence-corrected chi connectivity index (χ4v) is 1.95. The Kier molecular flexibility index (Phi) is 5.35. The largest absolute Gasteiger partial charge is 0.573 e. The maximum atomic E-state index is 12.2. The summed E-state index contributed by atoms with van der Waals surface area (Å²) in [5.41, 5.74) is 5.27. The highest BCUT2D eigenvalue weighted by molar-refractivity contribution is 14.1. The van der Waals surface area contributed by atoms with Gasteiger partial charge in [-0.2, -0.15) is 0 Å². The number of rotatable bonds is 4. The lowest BCUT2D eigenvalue weighted by atomic mass is 10.2. The number of pyridine rings is 1. The van der Waals surface area contributed by atoms with Crippen LogP contribution in [0, 0.1) is 3.70 Å². The molecule has 5 nitrogen and oxygen atoms in total. The molecule has 0 fully saturated rings. The second-order valence-electron chi connectivity index (χ2n) is 3.26. The molecule has 0 aliphatic heterocycles. The molecule has 106 valence electrons. The molecular weight excluding hydrogens is 380 g/mol. The summed E-state index contributed by atoms with van der Waals surface area (Å²) < 4.78 is 45.1. The molecule has 0 amide bonds. The molecule has 1 rings (SSSR count). The molecule has 9 heteroatoms. The van der Waals surface area contributed by atoms with Crippen LogP contribution in [0.2, 0.25) is 0 Å². The zero-order valence-electron chi connectivity index (χ0n) is 9.75. The quantitative estimate of drug-likeness (QED) is 0.485. The Balaban J connectivity index is 3.18. The van der Waals surface area contributed by atoms with Crippen LogP contribution in [-0.4, -0.2) is 23.9 Å². The van der Waals surface area contributed by atoms with E-state index in [2.05, 4.69) is 9.72 Å². The van der Waals surface area contributed by atoms with E-state index in [-0.39, 0.29) is 28.1 Å². The molecule has 0 bridgehead atoms. The Morgan fingerprint density at radius 3 is 2.63 bits per heavy atom. The maximum absolute atomic E-state index is 12.2. The van der Waals surface area contributed by atoms with Crippen LogP contribution in [0.3, 0.4) is 0 Å². The number of esters is 1. The number of nitrogens with zero attached hydrogens (tertiary/aromatic N) is 1. The molecule has 0 saturated carbocycles. The predicted molar refractivity (Wildman–Crippen MR) is 67.5 cm³/mol. The van der Waals surface area contributed by atoms with Crippen molar-refractivity contribution in [3.8, 4) is 5.75 Å². The summed E-state index contributed by atoms with van der Waals surface area (Å²) in [6.45, 7) is 1.51. The van der Waals surface area contributed by atoms with Crippen molar-refractivity contribution in [1.29, 1.82) is 0 Å². The minimum Gasteiger partial charge on any atom is -0.461 e. The third-order valence-corrected chi connectivity index (χ3v) is 2.66. The minimum atomic E-state index is -4.85. The Morgan fingerprint density at radius 2 is 2.16 bits per heavy atom. The van der Waals surface area contributed by atoms with E-state index in [1.165, 1.54) is 22.6 Å². The van der Waals surface area contributed by atoms with Gasteiger partial charge in [-0.3, -0.25) is 0 Å². The molecule has 0 spiro atoms. The normalized spacial score (nSPS) is 11.3. The lowest BCUT2D eigenvalue weighted by Crippen LogP contribution is -2.21. The summed E-state index contributed by atoms with van der Waals surface area (Å²) in [5.74, 6) is -1.22. The Hall–Kier alpha value is -1.10. The van der Waals surface area contributed by atoms with Gasteiger partial charge in [0.15, 0.2) is 5.75 Å². The standard InChI is InChI=1S/C10H10F3IN2O3/c1-2-18-9(17)6-3-5(4-15)7(8(14)16-6)19-10(11,12)13/h3H,2,4,15H2,1H3. The molecule has 0 unspecified atom stereocenters. The highest BCUT2D eigenvalue weighted by atomic mass is 127. The highest BCUT2D eigenvalue weighted by Crippen LogP contribution is 2.30. The summed E-state index contributed by atoms with van der Waals surface area (Å²) in [6.07, 6.45) is -4.85. The first-order valence-electron chi connectivity index (χ1n) is 5.10. The zero-order chi connectivity index (χ0) is 14.6. The van der Waals surface area contributed by atoms with Crippen LogP contribution in [-0.2, 0) is 11.3 Å². The molecule has 0 aliphatic rings. The highest BCUT2D eigenvalue weighted by Gasteiger charge is 2.33. The van der Waals surface area contributed by atoms with Gasteiger partial charge in [0.25, 0.3) is 0 Å². The van der Waals surface area contributed by atoms with E-state index in [1.54, 1.807) is 6.92 Å². The van der Waals surface area contributed by atoms with Crippen LogP contribution in [0.1, 0.15) is 23.0 Å². The van der Waals surface area contributed by atoms with Crippen molar-refractivity contribution < 1.29 is 27.4 Å². The van der Waals surface area contributed by atoms with E-state index < -0.39 is 18.1 Å². The molecule has 2 N–H and O–H groups in total. The summed E-state index contributed by atoms with van der Waals surface area (Å²) in [6, 6.07) is 1.13. The smallest absolute Gasteiger partial charge is 0.461 e. The first-order valence-corrected chi connectivity index (χ1v) is 6.18. The van der Waals surface area contributed by atoms with Gasteiger partial charge >= 0.3 is 12.3 Å². The minimum absolute atomic E-state index is 0.0276. The molecular formula is C10H10F3IN2O3. The number of alkyl halides is 3. The molecule has 0 radical (unpaired) electrons. The fourth-order valence-electron chi connectivity index (χ4n) is 1.24. The molecule has 1 heterocycles. The van der Waals surface area contributed by atoms with Gasteiger partial charge in [0, 0.05) is 12.1 Å². The van der Waals surface area contributed by atoms with Crippen molar-refractivity contribution in [1.82, 2.24) is 4.98 Å². The Bertz CT molecular complexity index is 480. The number of hydrogen-bond acceptors (Lipinski definition) is 5. The monoisotopic (exact) mass is 390 g/mol. The predicted octanol–water partition coefficient (Wildman–Crippen LogP) is 2.22. The second kappa shape index (κ2) is 6.37. The van der Waals surface area contributed by atoms with Crippen molar-refractivity contribution >= 4 is 28.6 Å². The number of nitrogens with two attached hydrogens (primary N) is 1. The number of carbonyl (C=O) groups is 1. The van der Waals surface area contributed by atoms with Gasteiger partial charge in [0.2, 0.25) is 0 Å². The molecule has 1 aromatic rings. The third-order valence-electron chi connectivity index (χ3n) is 1.93. The molecule has 0 aliphatic carbocycles. The van der Waals surface area contributed by atoms with Gasteiger partial charge < -0.3 is 15.2 Å². The van der Waals surface area contributed by atoms with Gasteiger partial charge in [0.05, 0.1) is 6.61 Å². The van der Waals surface area contributed by atoms with Crippen molar-refractivity contribution in [3.63, 3.8) is 0 Å². The van der Waals surface area contributed by atoms with Crippen molar-refractivity contribution in [2.24, 2.45) is 5.73 Å². The van der Waals surface area contributed by atoms with Crippen molar-refractivity contribution in [3.05, 3.63) is 21.0 Å². The molecule has 1 aromatic heterocycles. The first kappa shape index (κ1) is 16.0. The van der Waals surface area contributed by atoms with Gasteiger partial charge in [0.1, 0.15) is 9.39 Å². The average molecular weight is 390 g/mol. The van der Waals surface area contributed by atoms with E-state index in [0.717, 1.165) is 6.07 Å². The van der Waals surface area contributed by atoms with E-state index in [1.807, 2.05) is 0 Å². The van der Waals surface area contributed by atoms with Crippen molar-refractivity contribution in [2.45, 2.75) is 19.8 Å². The maximum Gasteiger partial charge on any atom is 0.573 e. The summed E-state index contributed by atoms with van der Waals surface area (Å²) in [7, 11) is 0. The number of halogens is 4. The lowest BCUT2D eigenvalue weighted by Gasteiger charge is -2.14. The van der Waals surface area contributed by atoms with Gasteiger partial charge in [-0.15, -0.1) is 13.2 Å². The molecule has 0 aromatic carbocycles. The average Bonchev–Trinajstić information content (AvgIpc) is 2.30. The molecule has 0 atom stereocenters. The summed E-state index contributed by atoms with van der Waals surface area (Å²) in [4.78, 5) is 15.2. The van der Waals surface area contributed by atoms with Crippen LogP contribution in [0.25, 0.3) is 0 Å². The van der Waals surface area contributed by atoms with Crippen molar-refractivity contribution in [2.75, 3.05) is 6.61 Å². The van der Waals surface area contributed by atoms with Crippen LogP contribution in [0.5, 0.6) is 5.75 Å². The van der Waals surface area contributed by atoms with Gasteiger partial charge in [-0.05, 0) is 35.6 Å². The number of ether oxygens (including phenoxy) is 2. The fraction of sp³-hybridized carbons (Fsp3) is 0.400. The van der Waals surface area contributed by atoms with E-state index in [4.69, 9.17) is 10.5 Å². The third kappa shape index (κ3) is 4.49. The first-order chi connectivity index (χ1) is 8.78. The molecule has 19 heavy (non-hydrogen) atoms. The van der Waals surface area contributed by atoms with Crippen LogP contribution in [0.15, 0.2) is 6.07 Å². The van der Waals surface area contributed by atoms with E-state index >= 15 is 0 Å². The Labute approximate surface area is 120 Å². The van der Waals surface area contributed by atoms with Crippen LogP contribution in [0.4, 0.5) is 13.2 Å². The zero-order valence-corrected chi connectivity index (χ0v) is 11.9. The van der Waals surface area contributed by atoms with Gasteiger partial charge in [-0.1, -0.05) is 0 Å². The number of carbonyl (C=O) groups excluding carboxylic acids is 1. The molecule has 0 saturated heterocycles. The topological polar surface area (TPSA) is 74.4 Å². The van der Waals surface area contributed by atoms with Crippen LogP contribution >= 0.6 is 22.6 Å².